The smallest absolute Gasteiger partial charge is 0.134 e. The van der Waals surface area contributed by atoms with E-state index in [0.717, 1.165) is 11.3 Å². The van der Waals surface area contributed by atoms with Gasteiger partial charge in [-0.3, -0.25) is 0 Å². The van der Waals surface area contributed by atoms with Crippen molar-refractivity contribution in [1.29, 1.82) is 0 Å². The van der Waals surface area contributed by atoms with Crippen LogP contribution in [-0.4, -0.2) is 7.05 Å². The Morgan fingerprint density at radius 1 is 1.10 bits per heavy atom. The topological polar surface area (TPSA) is 25.2 Å². The Balaban J connectivity index is 1.91. The molecule has 1 N–H and O–H groups in total. The molecule has 0 fully saturated rings. The van der Waals surface area contributed by atoms with Gasteiger partial charge >= 0.3 is 0 Å². The molecule has 0 spiro atoms. The van der Waals surface area contributed by atoms with Crippen LogP contribution >= 0.6 is 0 Å². The third kappa shape index (κ3) is 2.80. The van der Waals surface area contributed by atoms with E-state index in [1.54, 1.807) is 0 Å². The molecule has 1 atom stereocenters. The zero-order chi connectivity index (χ0) is 13.8. The zero-order valence-electron chi connectivity index (χ0n) is 12.2. The van der Waals surface area contributed by atoms with Crippen molar-refractivity contribution in [3.63, 3.8) is 0 Å². The molecule has 0 saturated carbocycles. The summed E-state index contributed by atoms with van der Waals surface area (Å²) in [6.07, 6.45) is 10.2. The SMILES string of the molecule is CNC(/C1=C/CCCCCC1)c1cc2ccccc2o1. The van der Waals surface area contributed by atoms with E-state index in [0.29, 0.717) is 0 Å². The number of rotatable bonds is 3. The first-order valence-electron chi connectivity index (χ1n) is 7.73. The van der Waals surface area contributed by atoms with Gasteiger partial charge in [0.25, 0.3) is 0 Å². The van der Waals surface area contributed by atoms with Crippen LogP contribution in [0, 0.1) is 0 Å². The van der Waals surface area contributed by atoms with E-state index >= 15 is 0 Å². The highest BCUT2D eigenvalue weighted by Gasteiger charge is 2.19. The van der Waals surface area contributed by atoms with E-state index in [1.165, 1.54) is 49.5 Å². The van der Waals surface area contributed by atoms with Gasteiger partial charge in [-0.05, 0) is 50.4 Å². The number of furan rings is 1. The third-order valence-electron chi connectivity index (χ3n) is 4.21. The molecule has 106 valence electrons. The van der Waals surface area contributed by atoms with Gasteiger partial charge in [-0.25, -0.2) is 0 Å². The van der Waals surface area contributed by atoms with Crippen LogP contribution in [0.5, 0.6) is 0 Å². The molecule has 2 aromatic rings. The van der Waals surface area contributed by atoms with Crippen LogP contribution in [0.4, 0.5) is 0 Å². The van der Waals surface area contributed by atoms with Crippen LogP contribution in [0.2, 0.25) is 0 Å². The summed E-state index contributed by atoms with van der Waals surface area (Å²) in [4.78, 5) is 0. The Kier molecular flexibility index (Phi) is 4.22. The molecule has 0 saturated heterocycles. The molecule has 0 bridgehead atoms. The number of nitrogens with one attached hydrogen (secondary N) is 1. The number of benzene rings is 1. The summed E-state index contributed by atoms with van der Waals surface area (Å²) in [5, 5.41) is 4.62. The standard InChI is InChI=1S/C18H23NO/c1-19-18(14-9-5-3-2-4-6-10-14)17-13-15-11-7-8-12-16(15)20-17/h7-9,11-13,18-19H,2-6,10H2,1H3/b14-9+. The second-order valence-electron chi connectivity index (χ2n) is 5.64. The first-order chi connectivity index (χ1) is 9.88. The lowest BCUT2D eigenvalue weighted by Gasteiger charge is -2.20. The molecular formula is C18H23NO. The summed E-state index contributed by atoms with van der Waals surface area (Å²) in [5.74, 6) is 1.04. The van der Waals surface area contributed by atoms with Crippen molar-refractivity contribution in [2.24, 2.45) is 0 Å². The molecule has 1 aromatic carbocycles. The van der Waals surface area contributed by atoms with Gasteiger partial charge in [0, 0.05) is 5.39 Å². The number of hydrogen-bond acceptors (Lipinski definition) is 2. The van der Waals surface area contributed by atoms with Gasteiger partial charge in [0.1, 0.15) is 11.3 Å². The van der Waals surface area contributed by atoms with E-state index < -0.39 is 0 Å². The van der Waals surface area contributed by atoms with Crippen LogP contribution in [0.3, 0.4) is 0 Å². The molecular weight excluding hydrogens is 246 g/mol. The van der Waals surface area contributed by atoms with E-state index in [1.807, 2.05) is 19.2 Å². The van der Waals surface area contributed by atoms with Crippen LogP contribution < -0.4 is 5.32 Å². The van der Waals surface area contributed by atoms with E-state index in [-0.39, 0.29) is 6.04 Å². The second-order valence-corrected chi connectivity index (χ2v) is 5.64. The summed E-state index contributed by atoms with van der Waals surface area (Å²) in [6.45, 7) is 0. The average molecular weight is 269 g/mol. The molecule has 1 unspecified atom stereocenters. The highest BCUT2D eigenvalue weighted by atomic mass is 16.3. The van der Waals surface area contributed by atoms with Crippen LogP contribution in [-0.2, 0) is 0 Å². The second kappa shape index (κ2) is 6.27. The summed E-state index contributed by atoms with van der Waals surface area (Å²) >= 11 is 0. The van der Waals surface area contributed by atoms with E-state index in [2.05, 4.69) is 29.6 Å². The van der Waals surface area contributed by atoms with E-state index in [9.17, 15) is 0 Å². The average Bonchev–Trinajstić information content (AvgIpc) is 2.85. The zero-order valence-corrected chi connectivity index (χ0v) is 12.2. The summed E-state index contributed by atoms with van der Waals surface area (Å²) < 4.78 is 6.04. The van der Waals surface area contributed by atoms with Gasteiger partial charge in [-0.1, -0.05) is 37.1 Å². The molecule has 0 aliphatic heterocycles. The van der Waals surface area contributed by atoms with Crippen molar-refractivity contribution < 1.29 is 4.42 Å². The predicted molar refractivity (Wildman–Crippen MR) is 83.8 cm³/mol. The van der Waals surface area contributed by atoms with Gasteiger partial charge in [0.05, 0.1) is 6.04 Å². The van der Waals surface area contributed by atoms with Crippen molar-refractivity contribution in [2.75, 3.05) is 7.05 Å². The Labute approximate surface area is 120 Å². The van der Waals surface area contributed by atoms with Crippen LogP contribution in [0.1, 0.15) is 50.3 Å². The fourth-order valence-electron chi connectivity index (χ4n) is 3.13. The van der Waals surface area contributed by atoms with Gasteiger partial charge in [-0.15, -0.1) is 0 Å². The number of likely N-dealkylation sites (N-methyl/N-ethyl adjacent to an activating group) is 1. The molecule has 1 heterocycles. The molecule has 2 nitrogen and oxygen atoms in total. The molecule has 3 rings (SSSR count). The van der Waals surface area contributed by atoms with Crippen LogP contribution in [0.15, 0.2) is 46.4 Å². The number of fused-ring (bicyclic) bond motifs is 1. The Bertz CT molecular complexity index is 563. The van der Waals surface area contributed by atoms with Gasteiger partial charge in [0.2, 0.25) is 0 Å². The summed E-state index contributed by atoms with van der Waals surface area (Å²) in [7, 11) is 2.03. The number of allylic oxidation sites excluding steroid dienone is 1. The largest absolute Gasteiger partial charge is 0.459 e. The summed E-state index contributed by atoms with van der Waals surface area (Å²) in [6, 6.07) is 10.6. The molecule has 0 amide bonds. The lowest BCUT2D eigenvalue weighted by atomic mass is 9.93. The van der Waals surface area contributed by atoms with Gasteiger partial charge in [0.15, 0.2) is 0 Å². The fraction of sp³-hybridized carbons (Fsp3) is 0.444. The first-order valence-corrected chi connectivity index (χ1v) is 7.73. The predicted octanol–water partition coefficient (Wildman–Crippen LogP) is 4.97. The van der Waals surface area contributed by atoms with Crippen molar-refractivity contribution in [2.45, 2.75) is 44.6 Å². The molecule has 20 heavy (non-hydrogen) atoms. The maximum absolute atomic E-state index is 6.04. The number of para-hydroxylation sites is 1. The fourth-order valence-corrected chi connectivity index (χ4v) is 3.13. The minimum Gasteiger partial charge on any atom is -0.459 e. The Morgan fingerprint density at radius 3 is 2.80 bits per heavy atom. The highest BCUT2D eigenvalue weighted by molar-refractivity contribution is 5.77. The van der Waals surface area contributed by atoms with E-state index in [4.69, 9.17) is 4.42 Å². The quantitative estimate of drug-likeness (QED) is 0.795. The normalized spacial score (nSPS) is 20.9. The lowest BCUT2D eigenvalue weighted by molar-refractivity contribution is 0.471. The molecule has 2 heteroatoms. The molecule has 1 aliphatic carbocycles. The highest BCUT2D eigenvalue weighted by Crippen LogP contribution is 2.31. The van der Waals surface area contributed by atoms with Crippen molar-refractivity contribution in [3.05, 3.63) is 47.7 Å². The molecule has 0 radical (unpaired) electrons. The maximum Gasteiger partial charge on any atom is 0.134 e. The molecule has 1 aromatic heterocycles. The Morgan fingerprint density at radius 2 is 1.95 bits per heavy atom. The maximum atomic E-state index is 6.04. The van der Waals surface area contributed by atoms with Crippen molar-refractivity contribution in [3.8, 4) is 0 Å². The lowest BCUT2D eigenvalue weighted by Crippen LogP contribution is -2.18. The first kappa shape index (κ1) is 13.4. The minimum absolute atomic E-state index is 0.223. The number of hydrogen-bond donors (Lipinski definition) is 1. The Hall–Kier alpha value is -1.54. The third-order valence-corrected chi connectivity index (χ3v) is 4.21. The van der Waals surface area contributed by atoms with Crippen molar-refractivity contribution in [1.82, 2.24) is 5.32 Å². The summed E-state index contributed by atoms with van der Waals surface area (Å²) in [5.41, 5.74) is 2.47. The molecule has 1 aliphatic rings. The minimum atomic E-state index is 0.223. The van der Waals surface area contributed by atoms with Crippen LogP contribution in [0.25, 0.3) is 11.0 Å². The van der Waals surface area contributed by atoms with Crippen molar-refractivity contribution >= 4 is 11.0 Å². The van der Waals surface area contributed by atoms with Gasteiger partial charge < -0.3 is 9.73 Å². The van der Waals surface area contributed by atoms with Gasteiger partial charge in [-0.2, -0.15) is 0 Å². The monoisotopic (exact) mass is 269 g/mol.